The average molecular weight is 729 g/mol. The largest absolute Gasteiger partial charge is 0.463 e. The monoisotopic (exact) mass is 728 g/mol. The van der Waals surface area contributed by atoms with Gasteiger partial charge in [0.25, 0.3) is 0 Å². The summed E-state index contributed by atoms with van der Waals surface area (Å²) in [6.45, 7) is 15.3. The Morgan fingerprint density at radius 3 is 1.70 bits per heavy atom. The molecule has 4 unspecified atom stereocenters. The number of hydrogen-bond acceptors (Lipinski definition) is 18. The van der Waals surface area contributed by atoms with Gasteiger partial charge in [-0.2, -0.15) is 0 Å². The molecule has 7 aliphatic heterocycles. The van der Waals surface area contributed by atoms with Gasteiger partial charge in [-0.3, -0.25) is 9.59 Å². The highest BCUT2D eigenvalue weighted by Crippen LogP contribution is 2.43. The molecule has 50 heavy (non-hydrogen) atoms. The summed E-state index contributed by atoms with van der Waals surface area (Å²) in [6, 6.07) is 0. The lowest BCUT2D eigenvalue weighted by atomic mass is 10.1. The highest BCUT2D eigenvalue weighted by atomic mass is 16.9. The van der Waals surface area contributed by atoms with E-state index in [2.05, 4.69) is 0 Å². The average Bonchev–Trinajstić information content (AvgIpc) is 3.78. The van der Waals surface area contributed by atoms with Crippen molar-refractivity contribution in [3.8, 4) is 0 Å². The molecule has 0 aromatic carbocycles. The Labute approximate surface area is 290 Å². The molecule has 0 saturated carbocycles. The molecule has 13 atom stereocenters. The van der Waals surface area contributed by atoms with Crippen LogP contribution in [0, 0.1) is 0 Å². The first-order chi connectivity index (χ1) is 22.7. The van der Waals surface area contributed by atoms with Crippen LogP contribution in [0.2, 0.25) is 0 Å². The van der Waals surface area contributed by atoms with Crippen LogP contribution >= 0.6 is 0 Å². The van der Waals surface area contributed by atoms with Crippen LogP contribution in [-0.2, 0) is 75.9 Å². The van der Waals surface area contributed by atoms with Gasteiger partial charge in [0.05, 0.1) is 6.61 Å². The molecule has 19 heteroatoms. The Bertz CT molecular complexity index is 1180. The highest BCUT2D eigenvalue weighted by Gasteiger charge is 2.60. The molecule has 0 bridgehead atoms. The third kappa shape index (κ3) is 9.28. The summed E-state index contributed by atoms with van der Waals surface area (Å²) < 4.78 is 76.4. The zero-order valence-corrected chi connectivity index (χ0v) is 30.0. The minimum Gasteiger partial charge on any atom is -0.463 e. The van der Waals surface area contributed by atoms with Crippen LogP contribution in [0.25, 0.3) is 0 Å². The van der Waals surface area contributed by atoms with Gasteiger partial charge in [0, 0.05) is 21.0 Å². The van der Waals surface area contributed by atoms with E-state index in [4.69, 9.17) is 71.4 Å². The van der Waals surface area contributed by atoms with Gasteiger partial charge in [-0.25, -0.2) is 0 Å². The molecule has 4 N–H and O–H groups in total. The van der Waals surface area contributed by atoms with Gasteiger partial charge in [0.2, 0.25) is 0 Å². The standard InChI is InChI=1S/C11H18O6.2C10H16O6.H2O/c1-10(2)15-7-6-8(14-9(7)17-10)13-5-11(3,12-4)16-6;1-5(11)13-4-6-7(12)8-9(14-6)16-10(2,3)15-8;1-5(12)13-7-6(4-11)14-9-8(7)15-10(2,3)16-9;/h6-9H,5H2,1-4H3;6-9,12H,4H2,1-3H3;6-9,11H,4H2,1-3H3;1H2/t6-,7-,8+,9?,11?;2*6-,7+,8-,9?;/m111./s1. The fourth-order valence-electron chi connectivity index (χ4n) is 6.29. The summed E-state index contributed by atoms with van der Waals surface area (Å²) in [4.78, 5) is 21.6. The Hall–Kier alpha value is -1.66. The second-order valence-corrected chi connectivity index (χ2v) is 14.0. The summed E-state index contributed by atoms with van der Waals surface area (Å²) in [5.74, 6) is -3.74. The van der Waals surface area contributed by atoms with Gasteiger partial charge < -0.3 is 82.0 Å². The molecule has 19 nitrogen and oxygen atoms in total. The lowest BCUT2D eigenvalue weighted by molar-refractivity contribution is -0.364. The SMILES string of the molecule is CC(=O)OC[C@H]1OC2OC(C)(C)O[C@@H]2[C@H]1O.CC(=O)O[C@H]1[C@@H](CO)OC2OC(C)(C)O[C@@H]21.COC1(C)CO[C@H]2OC3OC(C)(C)O[C@@H]3[C@H]2O1.O. The highest BCUT2D eigenvalue weighted by molar-refractivity contribution is 5.66. The van der Waals surface area contributed by atoms with Crippen molar-refractivity contribution in [3.05, 3.63) is 0 Å². The Kier molecular flexibility index (Phi) is 12.6. The fraction of sp³-hybridized carbons (Fsp3) is 0.935. The number of rotatable bonds is 5. The maximum atomic E-state index is 11.0. The summed E-state index contributed by atoms with van der Waals surface area (Å²) in [5, 5.41) is 19.0. The molecule has 0 amide bonds. The van der Waals surface area contributed by atoms with Gasteiger partial charge in [0.1, 0.15) is 49.8 Å². The van der Waals surface area contributed by atoms with Crippen molar-refractivity contribution in [2.75, 3.05) is 26.9 Å². The van der Waals surface area contributed by atoms with E-state index in [0.717, 1.165) is 0 Å². The van der Waals surface area contributed by atoms with Crippen LogP contribution in [-0.4, -0.2) is 152 Å². The fourth-order valence-corrected chi connectivity index (χ4v) is 6.29. The van der Waals surface area contributed by atoms with Crippen molar-refractivity contribution < 1.29 is 91.6 Å². The van der Waals surface area contributed by atoms with Crippen LogP contribution in [0.5, 0.6) is 0 Å². The second kappa shape index (κ2) is 15.4. The Balaban J connectivity index is 0.000000167. The van der Waals surface area contributed by atoms with E-state index in [0.29, 0.717) is 6.61 Å². The number of methoxy groups -OCH3 is 1. The van der Waals surface area contributed by atoms with Gasteiger partial charge in [-0.1, -0.05) is 0 Å². The van der Waals surface area contributed by atoms with E-state index in [1.54, 1.807) is 34.8 Å². The number of carbonyl (C=O) groups is 2. The van der Waals surface area contributed by atoms with Gasteiger partial charge in [-0.05, 0) is 48.5 Å². The van der Waals surface area contributed by atoms with Crippen LogP contribution in [0.3, 0.4) is 0 Å². The number of esters is 2. The maximum Gasteiger partial charge on any atom is 0.303 e. The topological polar surface area (TPSA) is 235 Å². The molecule has 0 radical (unpaired) electrons. The van der Waals surface area contributed by atoms with Gasteiger partial charge in [0.15, 0.2) is 60.5 Å². The van der Waals surface area contributed by atoms with Crippen molar-refractivity contribution in [2.24, 2.45) is 0 Å². The molecule has 0 spiro atoms. The first-order valence-corrected chi connectivity index (χ1v) is 16.2. The minimum atomic E-state index is -0.842. The van der Waals surface area contributed by atoms with Crippen molar-refractivity contribution in [1.82, 2.24) is 0 Å². The van der Waals surface area contributed by atoms with E-state index in [-0.39, 0.29) is 30.9 Å². The second-order valence-electron chi connectivity index (χ2n) is 14.0. The number of ether oxygens (including phenoxy) is 14. The molecule has 0 aromatic rings. The molecule has 290 valence electrons. The number of fused-ring (bicyclic) bond motifs is 5. The van der Waals surface area contributed by atoms with Crippen molar-refractivity contribution in [3.63, 3.8) is 0 Å². The summed E-state index contributed by atoms with van der Waals surface area (Å²) >= 11 is 0. The van der Waals surface area contributed by atoms with E-state index < -0.39 is 96.9 Å². The molecule has 7 rings (SSSR count). The van der Waals surface area contributed by atoms with E-state index in [1.807, 2.05) is 20.8 Å². The first kappa shape index (κ1) is 41.1. The van der Waals surface area contributed by atoms with Crippen molar-refractivity contribution >= 4 is 11.9 Å². The van der Waals surface area contributed by atoms with E-state index in [1.165, 1.54) is 13.8 Å². The molecular formula is C31H52O19. The molecule has 0 aromatic heterocycles. The lowest BCUT2D eigenvalue weighted by Crippen LogP contribution is -2.53. The predicted octanol–water partition coefficient (Wildman–Crippen LogP) is -0.653. The summed E-state index contributed by atoms with van der Waals surface area (Å²) in [6.07, 6.45) is -6.27. The number of aliphatic hydroxyl groups is 2. The van der Waals surface area contributed by atoms with Crippen LogP contribution < -0.4 is 0 Å². The predicted molar refractivity (Wildman–Crippen MR) is 161 cm³/mol. The molecule has 7 heterocycles. The zero-order valence-electron chi connectivity index (χ0n) is 30.0. The number of carbonyl (C=O) groups excluding carboxylic acids is 2. The molecule has 7 fully saturated rings. The normalized spacial score (nSPS) is 43.8. The number of aliphatic hydroxyl groups excluding tert-OH is 2. The minimum absolute atomic E-state index is 0. The smallest absolute Gasteiger partial charge is 0.303 e. The van der Waals surface area contributed by atoms with E-state index >= 15 is 0 Å². The van der Waals surface area contributed by atoms with Gasteiger partial charge >= 0.3 is 11.9 Å². The molecule has 7 saturated heterocycles. The lowest BCUT2D eigenvalue weighted by Gasteiger charge is -2.39. The van der Waals surface area contributed by atoms with Crippen LogP contribution in [0.1, 0.15) is 62.3 Å². The molecule has 0 aliphatic carbocycles. The quantitative estimate of drug-likeness (QED) is 0.335. The van der Waals surface area contributed by atoms with Crippen molar-refractivity contribution in [1.29, 1.82) is 0 Å². The van der Waals surface area contributed by atoms with Crippen molar-refractivity contribution in [2.45, 2.75) is 159 Å². The number of hydrogen-bond donors (Lipinski definition) is 2. The first-order valence-electron chi connectivity index (χ1n) is 16.2. The Morgan fingerprint density at radius 2 is 1.18 bits per heavy atom. The third-order valence-electron chi connectivity index (χ3n) is 8.41. The van der Waals surface area contributed by atoms with E-state index in [9.17, 15) is 14.7 Å². The summed E-state index contributed by atoms with van der Waals surface area (Å²) in [5.41, 5.74) is 0. The zero-order chi connectivity index (χ0) is 36.1. The van der Waals surface area contributed by atoms with Gasteiger partial charge in [-0.15, -0.1) is 0 Å². The summed E-state index contributed by atoms with van der Waals surface area (Å²) in [7, 11) is 1.59. The Morgan fingerprint density at radius 1 is 0.680 bits per heavy atom. The molecule has 7 aliphatic rings. The van der Waals surface area contributed by atoms with Crippen LogP contribution in [0.15, 0.2) is 0 Å². The molecular weight excluding hydrogens is 676 g/mol. The van der Waals surface area contributed by atoms with Crippen LogP contribution in [0.4, 0.5) is 0 Å². The maximum absolute atomic E-state index is 11.0. The third-order valence-corrected chi connectivity index (χ3v) is 8.41.